The van der Waals surface area contributed by atoms with Crippen molar-refractivity contribution in [2.75, 3.05) is 18.1 Å². The highest BCUT2D eigenvalue weighted by Gasteiger charge is 2.28. The number of benzene rings is 2. The maximum absolute atomic E-state index is 12.6. The van der Waals surface area contributed by atoms with Crippen LogP contribution in [0, 0.1) is 5.92 Å². The van der Waals surface area contributed by atoms with Crippen LogP contribution in [0.5, 0.6) is 5.75 Å². The first-order valence-electron chi connectivity index (χ1n) is 12.9. The second-order valence-corrected chi connectivity index (χ2v) is 9.34. The van der Waals surface area contributed by atoms with Crippen molar-refractivity contribution in [3.8, 4) is 5.75 Å². The molecule has 194 valence electrons. The van der Waals surface area contributed by atoms with E-state index < -0.39 is 5.97 Å². The van der Waals surface area contributed by atoms with Crippen LogP contribution in [0.25, 0.3) is 6.08 Å². The van der Waals surface area contributed by atoms with Crippen LogP contribution in [0.2, 0.25) is 0 Å². The zero-order chi connectivity index (χ0) is 25.8. The van der Waals surface area contributed by atoms with Crippen molar-refractivity contribution in [1.29, 1.82) is 0 Å². The van der Waals surface area contributed by atoms with Crippen LogP contribution in [-0.4, -0.2) is 24.6 Å². The predicted molar refractivity (Wildman–Crippen MR) is 142 cm³/mol. The summed E-state index contributed by atoms with van der Waals surface area (Å²) in [5.41, 5.74) is 14.1. The molecule has 0 amide bonds. The van der Waals surface area contributed by atoms with Gasteiger partial charge in [-0.2, -0.15) is 0 Å². The molecule has 0 spiro atoms. The Bertz CT molecular complexity index is 991. The number of ether oxygens (including phenoxy) is 3. The van der Waals surface area contributed by atoms with Crippen LogP contribution in [0.3, 0.4) is 0 Å². The first kappa shape index (κ1) is 27.3. The molecule has 1 fully saturated rings. The second kappa shape index (κ2) is 14.3. The Balaban J connectivity index is 1.37. The molecule has 0 atom stereocenters. The number of nitrogens with two attached hydrogens (primary N) is 2. The van der Waals surface area contributed by atoms with Gasteiger partial charge in [-0.1, -0.05) is 38.3 Å². The molecule has 2 aromatic rings. The molecular formula is C29H38N2O5. The minimum absolute atomic E-state index is 0.0836. The molecular weight excluding hydrogens is 456 g/mol. The van der Waals surface area contributed by atoms with Crippen molar-refractivity contribution >= 4 is 29.4 Å². The monoisotopic (exact) mass is 494 g/mol. The fourth-order valence-electron chi connectivity index (χ4n) is 4.29. The summed E-state index contributed by atoms with van der Waals surface area (Å²) in [4.78, 5) is 24.6. The molecule has 36 heavy (non-hydrogen) atoms. The summed E-state index contributed by atoms with van der Waals surface area (Å²) in [7, 11) is 0. The van der Waals surface area contributed by atoms with E-state index in [1.165, 1.54) is 25.3 Å². The standard InChI is InChI=1S/C29H38N2O5/c1-2-3-4-5-16-34-26-13-9-23(10-14-26)29(33)36-27-11-6-21(7-12-27)8-15-28(32)35-20-22-17-24(30)19-25(31)18-22/h6-8,11-12,15,17-19,23,26H,2-5,9-10,13-14,16,20,30-31H2,1H3. The Morgan fingerprint density at radius 3 is 2.31 bits per heavy atom. The quantitative estimate of drug-likeness (QED) is 0.128. The number of hydrogen-bond acceptors (Lipinski definition) is 7. The minimum Gasteiger partial charge on any atom is -0.458 e. The van der Waals surface area contributed by atoms with Gasteiger partial charge in [-0.05, 0) is 79.6 Å². The normalized spacial score (nSPS) is 17.7. The molecule has 0 saturated heterocycles. The lowest BCUT2D eigenvalue weighted by molar-refractivity contribution is -0.141. The number of unbranched alkanes of at least 4 members (excludes halogenated alkanes) is 3. The van der Waals surface area contributed by atoms with Crippen LogP contribution in [0.15, 0.2) is 48.5 Å². The van der Waals surface area contributed by atoms with Crippen molar-refractivity contribution in [3.05, 3.63) is 59.7 Å². The third-order valence-corrected chi connectivity index (χ3v) is 6.29. The first-order chi connectivity index (χ1) is 17.4. The zero-order valence-corrected chi connectivity index (χ0v) is 21.1. The summed E-state index contributed by atoms with van der Waals surface area (Å²) in [5.74, 6) is -0.264. The molecule has 0 radical (unpaired) electrons. The van der Waals surface area contributed by atoms with Crippen molar-refractivity contribution in [1.82, 2.24) is 0 Å². The Morgan fingerprint density at radius 2 is 1.64 bits per heavy atom. The lowest BCUT2D eigenvalue weighted by Crippen LogP contribution is -2.29. The first-order valence-corrected chi connectivity index (χ1v) is 12.9. The zero-order valence-electron chi connectivity index (χ0n) is 21.1. The minimum atomic E-state index is -0.480. The molecule has 1 saturated carbocycles. The molecule has 0 aliphatic heterocycles. The Kier molecular flexibility index (Phi) is 10.8. The molecule has 0 aromatic heterocycles. The van der Waals surface area contributed by atoms with Crippen molar-refractivity contribution in [2.45, 2.75) is 71.0 Å². The molecule has 1 aliphatic rings. The fourth-order valence-corrected chi connectivity index (χ4v) is 4.29. The van der Waals surface area contributed by atoms with Gasteiger partial charge in [-0.25, -0.2) is 4.79 Å². The smallest absolute Gasteiger partial charge is 0.331 e. The van der Waals surface area contributed by atoms with Gasteiger partial charge in [0.1, 0.15) is 12.4 Å². The summed E-state index contributed by atoms with van der Waals surface area (Å²) in [6.07, 6.45) is 11.5. The van der Waals surface area contributed by atoms with E-state index in [1.54, 1.807) is 48.5 Å². The van der Waals surface area contributed by atoms with Gasteiger partial charge in [-0.3, -0.25) is 4.79 Å². The van der Waals surface area contributed by atoms with E-state index in [9.17, 15) is 9.59 Å². The number of esters is 2. The molecule has 7 nitrogen and oxygen atoms in total. The average molecular weight is 495 g/mol. The molecule has 2 aromatic carbocycles. The number of anilines is 2. The highest BCUT2D eigenvalue weighted by atomic mass is 16.5. The summed E-state index contributed by atoms with van der Waals surface area (Å²) in [6, 6.07) is 12.1. The highest BCUT2D eigenvalue weighted by Crippen LogP contribution is 2.28. The number of hydrogen-bond donors (Lipinski definition) is 2. The summed E-state index contributed by atoms with van der Waals surface area (Å²) in [6.45, 7) is 3.10. The Labute approximate surface area is 213 Å². The topological polar surface area (TPSA) is 114 Å². The second-order valence-electron chi connectivity index (χ2n) is 9.34. The molecule has 0 heterocycles. The van der Waals surface area contributed by atoms with E-state index in [1.807, 2.05) is 0 Å². The van der Waals surface area contributed by atoms with Gasteiger partial charge in [0.05, 0.1) is 12.0 Å². The van der Waals surface area contributed by atoms with Gasteiger partial charge >= 0.3 is 11.9 Å². The van der Waals surface area contributed by atoms with E-state index in [0.717, 1.165) is 49.8 Å². The fraction of sp³-hybridized carbons (Fsp3) is 0.448. The van der Waals surface area contributed by atoms with E-state index in [-0.39, 0.29) is 24.6 Å². The Morgan fingerprint density at radius 1 is 0.944 bits per heavy atom. The van der Waals surface area contributed by atoms with Crippen LogP contribution in [0.4, 0.5) is 11.4 Å². The molecule has 4 N–H and O–H groups in total. The van der Waals surface area contributed by atoms with Crippen LogP contribution in [0.1, 0.15) is 69.4 Å². The third kappa shape index (κ3) is 9.38. The van der Waals surface area contributed by atoms with E-state index in [4.69, 9.17) is 25.7 Å². The average Bonchev–Trinajstić information content (AvgIpc) is 2.87. The maximum atomic E-state index is 12.6. The largest absolute Gasteiger partial charge is 0.458 e. The van der Waals surface area contributed by atoms with Crippen LogP contribution < -0.4 is 16.2 Å². The predicted octanol–water partition coefficient (Wildman–Crippen LogP) is 5.67. The third-order valence-electron chi connectivity index (χ3n) is 6.29. The van der Waals surface area contributed by atoms with Crippen molar-refractivity contribution < 1.29 is 23.8 Å². The van der Waals surface area contributed by atoms with Crippen LogP contribution >= 0.6 is 0 Å². The summed E-state index contributed by atoms with van der Waals surface area (Å²) < 4.78 is 16.8. The number of carbonyl (C=O) groups is 2. The molecule has 0 unspecified atom stereocenters. The number of carbonyl (C=O) groups excluding carboxylic acids is 2. The molecule has 0 bridgehead atoms. The van der Waals surface area contributed by atoms with Gasteiger partial charge in [-0.15, -0.1) is 0 Å². The molecule has 1 aliphatic carbocycles. The van der Waals surface area contributed by atoms with E-state index in [2.05, 4.69) is 6.92 Å². The lowest BCUT2D eigenvalue weighted by Gasteiger charge is -2.27. The summed E-state index contributed by atoms with van der Waals surface area (Å²) >= 11 is 0. The van der Waals surface area contributed by atoms with Gasteiger partial charge in [0.25, 0.3) is 0 Å². The lowest BCUT2D eigenvalue weighted by atomic mass is 9.87. The maximum Gasteiger partial charge on any atom is 0.331 e. The molecule has 7 heteroatoms. The van der Waals surface area contributed by atoms with Crippen molar-refractivity contribution in [2.24, 2.45) is 5.92 Å². The SMILES string of the molecule is CCCCCCOC1CCC(C(=O)Oc2ccc(C=CC(=O)OCc3cc(N)cc(N)c3)cc2)CC1. The van der Waals surface area contributed by atoms with E-state index >= 15 is 0 Å². The number of rotatable bonds is 12. The Hall–Kier alpha value is -3.32. The van der Waals surface area contributed by atoms with Crippen LogP contribution in [-0.2, 0) is 25.7 Å². The van der Waals surface area contributed by atoms with Gasteiger partial charge in [0.15, 0.2) is 0 Å². The molecule has 3 rings (SSSR count). The number of nitrogen functional groups attached to an aromatic ring is 2. The van der Waals surface area contributed by atoms with E-state index in [0.29, 0.717) is 17.1 Å². The van der Waals surface area contributed by atoms with Gasteiger partial charge in [0.2, 0.25) is 0 Å². The summed E-state index contributed by atoms with van der Waals surface area (Å²) in [5, 5.41) is 0. The van der Waals surface area contributed by atoms with Gasteiger partial charge < -0.3 is 25.7 Å². The van der Waals surface area contributed by atoms with Gasteiger partial charge in [0, 0.05) is 24.1 Å². The highest BCUT2D eigenvalue weighted by molar-refractivity contribution is 5.87. The van der Waals surface area contributed by atoms with Crippen molar-refractivity contribution in [3.63, 3.8) is 0 Å².